The van der Waals surface area contributed by atoms with Crippen molar-refractivity contribution in [3.05, 3.63) is 46.5 Å². The van der Waals surface area contributed by atoms with Gasteiger partial charge in [0, 0.05) is 24.7 Å². The number of benzene rings is 1. The highest BCUT2D eigenvalue weighted by Gasteiger charge is 2.22. The number of carboxylic acid groups (broad SMARTS) is 1. The molecular weight excluding hydrogens is 318 g/mol. The second kappa shape index (κ2) is 7.31. The Morgan fingerprint density at radius 2 is 2.17 bits per heavy atom. The molecule has 1 amide bonds. The number of nitrogens with zero attached hydrogens (tertiary/aromatic N) is 5. The van der Waals surface area contributed by atoms with Crippen LogP contribution >= 0.6 is 0 Å². The number of aliphatic carboxylic acids is 1. The van der Waals surface area contributed by atoms with Crippen LogP contribution in [0.3, 0.4) is 0 Å². The van der Waals surface area contributed by atoms with Gasteiger partial charge in [-0.05, 0) is 19.1 Å². The predicted octanol–water partition coefficient (Wildman–Crippen LogP) is 1.11. The number of carboxylic acids is 1. The van der Waals surface area contributed by atoms with Gasteiger partial charge in [-0.3, -0.25) is 19.7 Å². The van der Waals surface area contributed by atoms with Crippen LogP contribution in [-0.2, 0) is 4.79 Å². The van der Waals surface area contributed by atoms with E-state index in [2.05, 4.69) is 10.1 Å². The van der Waals surface area contributed by atoms with Gasteiger partial charge in [0.05, 0.1) is 11.3 Å². The molecule has 0 fully saturated rings. The summed E-state index contributed by atoms with van der Waals surface area (Å²) in [4.78, 5) is 38.8. The molecule has 24 heavy (non-hydrogen) atoms. The molecule has 1 N–H and O–H groups in total. The SMILES string of the molecule is CCN(CCC(=O)O)C(=O)c1ccc(-n2cncn2)c([N+](=O)[O-])c1. The molecule has 0 aliphatic heterocycles. The Kier molecular flexibility index (Phi) is 5.20. The monoisotopic (exact) mass is 333 g/mol. The number of hydrogen-bond donors (Lipinski definition) is 1. The van der Waals surface area contributed by atoms with Gasteiger partial charge in [-0.1, -0.05) is 0 Å². The number of amides is 1. The minimum absolute atomic E-state index is 0.0310. The van der Waals surface area contributed by atoms with Gasteiger partial charge in [-0.2, -0.15) is 5.10 Å². The fraction of sp³-hybridized carbons (Fsp3) is 0.286. The van der Waals surface area contributed by atoms with E-state index in [-0.39, 0.29) is 29.9 Å². The van der Waals surface area contributed by atoms with Crippen LogP contribution in [0.5, 0.6) is 0 Å². The molecule has 0 radical (unpaired) electrons. The van der Waals surface area contributed by atoms with Crippen LogP contribution in [-0.4, -0.2) is 54.7 Å². The van der Waals surface area contributed by atoms with Gasteiger partial charge in [0.1, 0.15) is 18.3 Å². The normalized spacial score (nSPS) is 10.4. The van der Waals surface area contributed by atoms with Crippen molar-refractivity contribution in [2.24, 2.45) is 0 Å². The number of aromatic nitrogens is 3. The zero-order valence-corrected chi connectivity index (χ0v) is 12.8. The average Bonchev–Trinajstić information content (AvgIpc) is 3.08. The van der Waals surface area contributed by atoms with Gasteiger partial charge < -0.3 is 10.0 Å². The lowest BCUT2D eigenvalue weighted by molar-refractivity contribution is -0.384. The maximum Gasteiger partial charge on any atom is 0.305 e. The highest BCUT2D eigenvalue weighted by molar-refractivity contribution is 5.95. The Bertz CT molecular complexity index is 759. The first kappa shape index (κ1) is 17.1. The smallest absolute Gasteiger partial charge is 0.305 e. The Morgan fingerprint density at radius 1 is 1.42 bits per heavy atom. The molecule has 0 aliphatic rings. The molecule has 1 aromatic carbocycles. The van der Waals surface area contributed by atoms with Crippen LogP contribution < -0.4 is 0 Å². The minimum Gasteiger partial charge on any atom is -0.481 e. The van der Waals surface area contributed by atoms with Crippen LogP contribution in [0.2, 0.25) is 0 Å². The molecule has 0 atom stereocenters. The third kappa shape index (κ3) is 3.72. The molecule has 0 bridgehead atoms. The number of nitro groups is 1. The van der Waals surface area contributed by atoms with Crippen molar-refractivity contribution in [2.45, 2.75) is 13.3 Å². The molecule has 2 rings (SSSR count). The summed E-state index contributed by atoms with van der Waals surface area (Å²) in [6, 6.07) is 4.00. The first-order chi connectivity index (χ1) is 11.4. The van der Waals surface area contributed by atoms with E-state index in [1.807, 2.05) is 0 Å². The summed E-state index contributed by atoms with van der Waals surface area (Å²) in [5.41, 5.74) is 0.000996. The quantitative estimate of drug-likeness (QED) is 0.593. The first-order valence-electron chi connectivity index (χ1n) is 7.08. The second-order valence-electron chi connectivity index (χ2n) is 4.83. The molecule has 2 aromatic rings. The van der Waals surface area contributed by atoms with E-state index in [9.17, 15) is 19.7 Å². The molecule has 10 nitrogen and oxygen atoms in total. The van der Waals surface area contributed by atoms with Crippen molar-refractivity contribution < 1.29 is 19.6 Å². The van der Waals surface area contributed by atoms with Gasteiger partial charge in [0.15, 0.2) is 0 Å². The highest BCUT2D eigenvalue weighted by Crippen LogP contribution is 2.24. The van der Waals surface area contributed by atoms with E-state index in [0.717, 1.165) is 6.07 Å². The zero-order chi connectivity index (χ0) is 17.7. The lowest BCUT2D eigenvalue weighted by atomic mass is 10.1. The summed E-state index contributed by atoms with van der Waals surface area (Å²) in [6.45, 7) is 2.03. The fourth-order valence-corrected chi connectivity index (χ4v) is 2.15. The minimum atomic E-state index is -1.02. The van der Waals surface area contributed by atoms with E-state index in [1.165, 1.54) is 34.4 Å². The molecule has 126 valence electrons. The summed E-state index contributed by atoms with van der Waals surface area (Å²) >= 11 is 0. The third-order valence-corrected chi connectivity index (χ3v) is 3.35. The van der Waals surface area contributed by atoms with Crippen molar-refractivity contribution >= 4 is 17.6 Å². The summed E-state index contributed by atoms with van der Waals surface area (Å²) in [5, 5.41) is 23.9. The topological polar surface area (TPSA) is 131 Å². The summed E-state index contributed by atoms with van der Waals surface area (Å²) in [5.74, 6) is -1.49. The number of nitro benzene ring substituents is 1. The Labute approximate surface area is 136 Å². The molecule has 10 heteroatoms. The summed E-state index contributed by atoms with van der Waals surface area (Å²) in [7, 11) is 0. The van der Waals surface area contributed by atoms with Crippen molar-refractivity contribution in [3.63, 3.8) is 0 Å². The van der Waals surface area contributed by atoms with Gasteiger partial charge in [-0.25, -0.2) is 9.67 Å². The lowest BCUT2D eigenvalue weighted by Crippen LogP contribution is -2.32. The number of rotatable bonds is 7. The second-order valence-corrected chi connectivity index (χ2v) is 4.83. The maximum absolute atomic E-state index is 12.4. The number of carbonyl (C=O) groups excluding carboxylic acids is 1. The zero-order valence-electron chi connectivity index (χ0n) is 12.8. The molecule has 1 aromatic heterocycles. The van der Waals surface area contributed by atoms with Crippen molar-refractivity contribution in [3.8, 4) is 5.69 Å². The number of hydrogen-bond acceptors (Lipinski definition) is 6. The standard InChI is InChI=1S/C14H15N5O5/c1-2-17(6-5-13(20)21)14(22)10-3-4-11(12(7-10)19(23)24)18-9-15-8-16-18/h3-4,7-9H,2,5-6H2,1H3,(H,20,21). The highest BCUT2D eigenvalue weighted by atomic mass is 16.6. The lowest BCUT2D eigenvalue weighted by Gasteiger charge is -2.20. The van der Waals surface area contributed by atoms with Crippen molar-refractivity contribution in [2.75, 3.05) is 13.1 Å². The van der Waals surface area contributed by atoms with Crippen LogP contribution in [0.25, 0.3) is 5.69 Å². The van der Waals surface area contributed by atoms with Crippen LogP contribution in [0, 0.1) is 10.1 Å². The predicted molar refractivity (Wildman–Crippen MR) is 81.8 cm³/mol. The van der Waals surface area contributed by atoms with Gasteiger partial charge in [0.2, 0.25) is 0 Å². The number of carbonyl (C=O) groups is 2. The summed E-state index contributed by atoms with van der Waals surface area (Å²) in [6.07, 6.45) is 2.36. The molecule has 0 saturated carbocycles. The van der Waals surface area contributed by atoms with E-state index in [0.29, 0.717) is 6.54 Å². The van der Waals surface area contributed by atoms with E-state index in [4.69, 9.17) is 5.11 Å². The fourth-order valence-electron chi connectivity index (χ4n) is 2.15. The van der Waals surface area contributed by atoms with Crippen molar-refractivity contribution in [1.29, 1.82) is 0 Å². The molecular formula is C14H15N5O5. The van der Waals surface area contributed by atoms with E-state index in [1.54, 1.807) is 6.92 Å². The van der Waals surface area contributed by atoms with E-state index >= 15 is 0 Å². The Hall–Kier alpha value is -3.30. The van der Waals surface area contributed by atoms with Gasteiger partial charge in [0.25, 0.3) is 11.6 Å². The Balaban J connectivity index is 2.34. The molecule has 0 saturated heterocycles. The molecule has 0 aliphatic carbocycles. The van der Waals surface area contributed by atoms with Crippen LogP contribution in [0.4, 0.5) is 5.69 Å². The van der Waals surface area contributed by atoms with Crippen LogP contribution in [0.15, 0.2) is 30.9 Å². The molecule has 0 unspecified atom stereocenters. The Morgan fingerprint density at radius 3 is 2.71 bits per heavy atom. The van der Waals surface area contributed by atoms with Gasteiger partial charge in [-0.15, -0.1) is 0 Å². The molecule has 1 heterocycles. The maximum atomic E-state index is 12.4. The third-order valence-electron chi connectivity index (χ3n) is 3.35. The van der Waals surface area contributed by atoms with Crippen LogP contribution in [0.1, 0.15) is 23.7 Å². The van der Waals surface area contributed by atoms with Crippen molar-refractivity contribution in [1.82, 2.24) is 19.7 Å². The first-order valence-corrected chi connectivity index (χ1v) is 7.08. The molecule has 0 spiro atoms. The average molecular weight is 333 g/mol. The van der Waals surface area contributed by atoms with E-state index < -0.39 is 16.8 Å². The van der Waals surface area contributed by atoms with Gasteiger partial charge >= 0.3 is 5.97 Å². The summed E-state index contributed by atoms with van der Waals surface area (Å²) < 4.78 is 1.23. The largest absolute Gasteiger partial charge is 0.481 e.